The maximum Gasteiger partial charge on any atom is 0.193 e. The Morgan fingerprint density at radius 2 is 2.00 bits per heavy atom. The van der Waals surface area contributed by atoms with Crippen molar-refractivity contribution in [3.05, 3.63) is 65.1 Å². The molecule has 3 rings (SSSR count). The third-order valence-electron chi connectivity index (χ3n) is 4.18. The first kappa shape index (κ1) is 18.2. The smallest absolute Gasteiger partial charge is 0.193 e. The van der Waals surface area contributed by atoms with Gasteiger partial charge in [-0.2, -0.15) is 0 Å². The fourth-order valence-corrected chi connectivity index (χ4v) is 3.05. The van der Waals surface area contributed by atoms with E-state index in [9.17, 15) is 0 Å². The normalized spacial score (nSPS) is 11.7. The molecule has 26 heavy (non-hydrogen) atoms. The van der Waals surface area contributed by atoms with E-state index in [1.807, 2.05) is 60.1 Å². The second-order valence-corrected chi connectivity index (χ2v) is 6.48. The first-order chi connectivity index (χ1) is 12.7. The fraction of sp³-hybridized carbons (Fsp3) is 0.316. The van der Waals surface area contributed by atoms with Crippen LogP contribution in [0, 0.1) is 0 Å². The van der Waals surface area contributed by atoms with E-state index in [0.717, 1.165) is 47.4 Å². The van der Waals surface area contributed by atoms with E-state index in [2.05, 4.69) is 25.4 Å². The van der Waals surface area contributed by atoms with E-state index in [4.69, 9.17) is 11.6 Å². The Morgan fingerprint density at radius 3 is 2.81 bits per heavy atom. The molecule has 0 saturated heterocycles. The van der Waals surface area contributed by atoms with E-state index in [1.54, 1.807) is 7.05 Å². The minimum absolute atomic E-state index is 0.703. The van der Waals surface area contributed by atoms with E-state index in [-0.39, 0.29) is 0 Å². The average Bonchev–Trinajstić information content (AvgIpc) is 3.07. The third kappa shape index (κ3) is 4.32. The van der Waals surface area contributed by atoms with Crippen LogP contribution in [-0.2, 0) is 13.0 Å². The summed E-state index contributed by atoms with van der Waals surface area (Å²) in [5, 5.41) is 12.6. The molecule has 6 nitrogen and oxygen atoms in total. The van der Waals surface area contributed by atoms with Crippen molar-refractivity contribution in [3.63, 3.8) is 0 Å². The Kier molecular flexibility index (Phi) is 6.07. The van der Waals surface area contributed by atoms with Gasteiger partial charge in [-0.3, -0.25) is 9.39 Å². The number of halogens is 1. The summed E-state index contributed by atoms with van der Waals surface area (Å²) in [6.45, 7) is 1.51. The predicted octanol–water partition coefficient (Wildman–Crippen LogP) is 3.02. The van der Waals surface area contributed by atoms with Crippen molar-refractivity contribution in [2.24, 2.45) is 4.99 Å². The monoisotopic (exact) mass is 370 g/mol. The summed E-state index contributed by atoms with van der Waals surface area (Å²) >= 11 is 6.25. The van der Waals surface area contributed by atoms with Gasteiger partial charge in [-0.25, -0.2) is 0 Å². The zero-order valence-corrected chi connectivity index (χ0v) is 15.8. The van der Waals surface area contributed by atoms with Crippen LogP contribution in [0.4, 0.5) is 0 Å². The maximum atomic E-state index is 6.25. The minimum Gasteiger partial charge on any atom is -0.356 e. The Morgan fingerprint density at radius 1 is 1.19 bits per heavy atom. The molecule has 0 saturated carbocycles. The number of guanidine groups is 1. The number of pyridine rings is 1. The van der Waals surface area contributed by atoms with Crippen LogP contribution in [0.15, 0.2) is 53.7 Å². The van der Waals surface area contributed by atoms with Crippen LogP contribution < -0.4 is 5.32 Å². The molecule has 0 amide bonds. The first-order valence-electron chi connectivity index (χ1n) is 8.63. The molecule has 0 fully saturated rings. The number of nitrogens with zero attached hydrogens (tertiary/aromatic N) is 5. The summed E-state index contributed by atoms with van der Waals surface area (Å²) in [4.78, 5) is 6.42. The van der Waals surface area contributed by atoms with Gasteiger partial charge in [-0.1, -0.05) is 35.9 Å². The highest BCUT2D eigenvalue weighted by molar-refractivity contribution is 6.31. The molecule has 0 unspecified atom stereocenters. The lowest BCUT2D eigenvalue weighted by Crippen LogP contribution is -2.39. The van der Waals surface area contributed by atoms with Crippen LogP contribution in [0.1, 0.15) is 17.8 Å². The Balaban J connectivity index is 1.50. The molecule has 0 aliphatic heterocycles. The quantitative estimate of drug-likeness (QED) is 0.411. The summed E-state index contributed by atoms with van der Waals surface area (Å²) in [5.74, 6) is 1.82. The van der Waals surface area contributed by atoms with Gasteiger partial charge in [-0.15, -0.1) is 10.2 Å². The Hall–Kier alpha value is -2.60. The number of aromatic nitrogens is 3. The van der Waals surface area contributed by atoms with E-state index in [0.29, 0.717) is 6.54 Å². The standard InChI is InChI=1S/C19H23ClN6/c1-21-19(25(2)14-15-8-3-4-9-16(15)20)22-12-7-11-18-24-23-17-10-5-6-13-26(17)18/h3-6,8-10,13H,7,11-12,14H2,1-2H3,(H,21,22). The molecule has 0 aliphatic carbocycles. The van der Waals surface area contributed by atoms with Crippen molar-refractivity contribution < 1.29 is 0 Å². The SMILES string of the molecule is CN=C(NCCCc1nnc2ccccn12)N(C)Cc1ccccc1Cl. The molecule has 0 radical (unpaired) electrons. The van der Waals surface area contributed by atoms with Gasteiger partial charge in [0.1, 0.15) is 5.82 Å². The molecule has 136 valence electrons. The van der Waals surface area contributed by atoms with Crippen LogP contribution in [-0.4, -0.2) is 46.1 Å². The number of fused-ring (bicyclic) bond motifs is 1. The summed E-state index contributed by atoms with van der Waals surface area (Å²) in [5.41, 5.74) is 1.96. The van der Waals surface area contributed by atoms with Gasteiger partial charge in [0.2, 0.25) is 0 Å². The van der Waals surface area contributed by atoms with Crippen molar-refractivity contribution in [2.45, 2.75) is 19.4 Å². The zero-order valence-electron chi connectivity index (χ0n) is 15.1. The molecule has 7 heteroatoms. The van der Waals surface area contributed by atoms with Crippen molar-refractivity contribution in [2.75, 3.05) is 20.6 Å². The van der Waals surface area contributed by atoms with Crippen LogP contribution in [0.3, 0.4) is 0 Å². The van der Waals surface area contributed by atoms with Gasteiger partial charge >= 0.3 is 0 Å². The summed E-state index contributed by atoms with van der Waals surface area (Å²) in [7, 11) is 3.79. The maximum absolute atomic E-state index is 6.25. The van der Waals surface area contributed by atoms with Crippen molar-refractivity contribution in [1.82, 2.24) is 24.8 Å². The number of hydrogen-bond acceptors (Lipinski definition) is 3. The first-order valence-corrected chi connectivity index (χ1v) is 9.00. The molecular weight excluding hydrogens is 348 g/mol. The largest absolute Gasteiger partial charge is 0.356 e. The molecule has 2 heterocycles. The number of hydrogen-bond donors (Lipinski definition) is 1. The number of nitrogens with one attached hydrogen (secondary N) is 1. The molecule has 0 aliphatic rings. The molecule has 1 aromatic carbocycles. The van der Waals surface area contributed by atoms with Crippen molar-refractivity contribution in [3.8, 4) is 0 Å². The molecule has 0 bridgehead atoms. The molecule has 1 N–H and O–H groups in total. The number of aliphatic imine (C=N–C) groups is 1. The van der Waals surface area contributed by atoms with E-state index < -0.39 is 0 Å². The molecular formula is C19H23ClN6. The van der Waals surface area contributed by atoms with Crippen LogP contribution in [0.5, 0.6) is 0 Å². The number of benzene rings is 1. The topological polar surface area (TPSA) is 57.8 Å². The van der Waals surface area contributed by atoms with Gasteiger partial charge in [0.15, 0.2) is 11.6 Å². The molecule has 0 spiro atoms. The van der Waals surface area contributed by atoms with Gasteiger partial charge in [0.25, 0.3) is 0 Å². The van der Waals surface area contributed by atoms with E-state index >= 15 is 0 Å². The van der Waals surface area contributed by atoms with Crippen LogP contribution in [0.25, 0.3) is 5.65 Å². The predicted molar refractivity (Wildman–Crippen MR) is 106 cm³/mol. The van der Waals surface area contributed by atoms with Crippen LogP contribution in [0.2, 0.25) is 5.02 Å². The van der Waals surface area contributed by atoms with E-state index in [1.165, 1.54) is 0 Å². The Bertz CT molecular complexity index is 888. The van der Waals surface area contributed by atoms with Gasteiger partial charge in [-0.05, 0) is 30.2 Å². The lowest BCUT2D eigenvalue weighted by molar-refractivity contribution is 0.475. The van der Waals surface area contributed by atoms with Gasteiger partial charge < -0.3 is 10.2 Å². The lowest BCUT2D eigenvalue weighted by Gasteiger charge is -2.22. The van der Waals surface area contributed by atoms with Gasteiger partial charge in [0.05, 0.1) is 0 Å². The number of rotatable bonds is 6. The Labute approximate surface area is 158 Å². The minimum atomic E-state index is 0.703. The highest BCUT2D eigenvalue weighted by Crippen LogP contribution is 2.16. The summed E-state index contributed by atoms with van der Waals surface area (Å²) in [6, 6.07) is 13.8. The second-order valence-electron chi connectivity index (χ2n) is 6.07. The lowest BCUT2D eigenvalue weighted by atomic mass is 10.2. The number of aryl methyl sites for hydroxylation is 1. The van der Waals surface area contributed by atoms with Gasteiger partial charge in [0, 0.05) is 44.8 Å². The third-order valence-corrected chi connectivity index (χ3v) is 4.55. The molecule has 0 atom stereocenters. The summed E-state index contributed by atoms with van der Waals surface area (Å²) < 4.78 is 2.03. The zero-order chi connectivity index (χ0) is 18.4. The fourth-order valence-electron chi connectivity index (χ4n) is 2.85. The van der Waals surface area contributed by atoms with Crippen molar-refractivity contribution >= 4 is 23.2 Å². The van der Waals surface area contributed by atoms with Crippen LogP contribution >= 0.6 is 11.6 Å². The van der Waals surface area contributed by atoms with Crippen molar-refractivity contribution in [1.29, 1.82) is 0 Å². The second kappa shape index (κ2) is 8.67. The molecule has 3 aromatic rings. The average molecular weight is 371 g/mol. The highest BCUT2D eigenvalue weighted by atomic mass is 35.5. The highest BCUT2D eigenvalue weighted by Gasteiger charge is 2.09. The molecule has 2 aromatic heterocycles. The summed E-state index contributed by atoms with van der Waals surface area (Å²) in [6.07, 6.45) is 3.78.